The summed E-state index contributed by atoms with van der Waals surface area (Å²) in [6.07, 6.45) is 1.52. The van der Waals surface area contributed by atoms with Crippen LogP contribution in [0.2, 0.25) is 0 Å². The molecule has 7 nitrogen and oxygen atoms in total. The van der Waals surface area contributed by atoms with E-state index in [9.17, 15) is 13.2 Å². The lowest BCUT2D eigenvalue weighted by atomic mass is 10.1. The molecule has 36 heavy (non-hydrogen) atoms. The number of methoxy groups -OCH3 is 1. The molecular formula is C28H25N3O4S. The van der Waals surface area contributed by atoms with Crippen molar-refractivity contribution in [3.05, 3.63) is 126 Å². The van der Waals surface area contributed by atoms with Gasteiger partial charge >= 0.3 is 0 Å². The quantitative estimate of drug-likeness (QED) is 0.263. The number of ether oxygens (including phenoxy) is 1. The highest BCUT2D eigenvalue weighted by Gasteiger charge is 2.28. The van der Waals surface area contributed by atoms with Crippen LogP contribution in [0.5, 0.6) is 5.75 Å². The number of para-hydroxylation sites is 1. The maximum Gasteiger partial charge on any atom is 0.273 e. The fourth-order valence-corrected chi connectivity index (χ4v) is 5.04. The maximum absolute atomic E-state index is 13.8. The molecule has 0 saturated carbocycles. The van der Waals surface area contributed by atoms with Crippen LogP contribution in [0.1, 0.15) is 21.5 Å². The summed E-state index contributed by atoms with van der Waals surface area (Å²) in [4.78, 5) is 13.2. The molecule has 0 atom stereocenters. The largest absolute Gasteiger partial charge is 0.497 e. The van der Waals surface area contributed by atoms with Crippen LogP contribution in [0, 0.1) is 0 Å². The topological polar surface area (TPSA) is 88.1 Å². The highest BCUT2D eigenvalue weighted by atomic mass is 32.2. The fraction of sp³-hybridized carbons (Fsp3) is 0.0714. The molecule has 0 radical (unpaired) electrons. The Morgan fingerprint density at radius 1 is 0.861 bits per heavy atom. The smallest absolute Gasteiger partial charge is 0.273 e. The molecule has 0 aromatic heterocycles. The highest BCUT2D eigenvalue weighted by Crippen LogP contribution is 2.30. The number of sulfonamides is 1. The van der Waals surface area contributed by atoms with Crippen molar-refractivity contribution in [2.75, 3.05) is 11.4 Å². The second-order valence-electron chi connectivity index (χ2n) is 7.80. The number of benzene rings is 4. The van der Waals surface area contributed by atoms with Gasteiger partial charge in [-0.05, 0) is 47.5 Å². The predicted molar refractivity (Wildman–Crippen MR) is 141 cm³/mol. The fourth-order valence-electron chi connectivity index (χ4n) is 3.57. The zero-order chi connectivity index (χ0) is 25.4. The van der Waals surface area contributed by atoms with E-state index in [1.165, 1.54) is 29.8 Å². The number of hydrogen-bond donors (Lipinski definition) is 1. The van der Waals surface area contributed by atoms with Crippen molar-refractivity contribution >= 4 is 27.8 Å². The number of carbonyl (C=O) groups excluding carboxylic acids is 1. The summed E-state index contributed by atoms with van der Waals surface area (Å²) < 4.78 is 34.1. The Bertz CT molecular complexity index is 1440. The second kappa shape index (κ2) is 11.3. The zero-order valence-electron chi connectivity index (χ0n) is 19.6. The summed E-state index contributed by atoms with van der Waals surface area (Å²) in [6, 6.07) is 31.2. The number of nitrogens with one attached hydrogen (secondary N) is 1. The summed E-state index contributed by atoms with van der Waals surface area (Å²) in [5.74, 6) is 0.0142. The molecule has 182 valence electrons. The van der Waals surface area contributed by atoms with Gasteiger partial charge < -0.3 is 4.74 Å². The Kier molecular flexibility index (Phi) is 7.77. The lowest BCUT2D eigenvalue weighted by Gasteiger charge is -2.26. The molecule has 4 rings (SSSR count). The van der Waals surface area contributed by atoms with Gasteiger partial charge in [-0.1, -0.05) is 72.8 Å². The standard InChI is InChI=1S/C28H25N3O4S/c1-35-24-16-18-25(19-17-24)36(33,34)31(21-23-12-6-3-7-13-23)27-15-9-8-14-26(27)28(32)30-29-20-22-10-4-2-5-11-22/h2-20H,21H2,1H3,(H,30,32)/b29-20+. The van der Waals surface area contributed by atoms with E-state index < -0.39 is 15.9 Å². The maximum atomic E-state index is 13.8. The van der Waals surface area contributed by atoms with Gasteiger partial charge in [-0.25, -0.2) is 13.8 Å². The third-order valence-corrected chi connectivity index (χ3v) is 7.19. The van der Waals surface area contributed by atoms with Gasteiger partial charge in [0, 0.05) is 0 Å². The average Bonchev–Trinajstić information content (AvgIpc) is 2.93. The van der Waals surface area contributed by atoms with Gasteiger partial charge in [-0.15, -0.1) is 0 Å². The van der Waals surface area contributed by atoms with Crippen LogP contribution in [0.4, 0.5) is 5.69 Å². The van der Waals surface area contributed by atoms with Crippen LogP contribution in [0.25, 0.3) is 0 Å². The van der Waals surface area contributed by atoms with Crippen molar-refractivity contribution in [1.29, 1.82) is 0 Å². The number of hydrazone groups is 1. The molecular weight excluding hydrogens is 474 g/mol. The molecule has 0 heterocycles. The van der Waals surface area contributed by atoms with Crippen molar-refractivity contribution in [1.82, 2.24) is 5.43 Å². The Balaban J connectivity index is 1.71. The van der Waals surface area contributed by atoms with Crippen molar-refractivity contribution in [2.45, 2.75) is 11.4 Å². The van der Waals surface area contributed by atoms with E-state index in [4.69, 9.17) is 4.74 Å². The highest BCUT2D eigenvalue weighted by molar-refractivity contribution is 7.92. The van der Waals surface area contributed by atoms with Crippen molar-refractivity contribution < 1.29 is 17.9 Å². The van der Waals surface area contributed by atoms with E-state index in [-0.39, 0.29) is 22.7 Å². The molecule has 4 aromatic carbocycles. The average molecular weight is 500 g/mol. The third-order valence-electron chi connectivity index (χ3n) is 5.41. The van der Waals surface area contributed by atoms with Crippen molar-refractivity contribution in [2.24, 2.45) is 5.10 Å². The Morgan fingerprint density at radius 2 is 1.47 bits per heavy atom. The molecule has 0 saturated heterocycles. The van der Waals surface area contributed by atoms with E-state index in [2.05, 4.69) is 10.5 Å². The monoisotopic (exact) mass is 499 g/mol. The summed E-state index contributed by atoms with van der Waals surface area (Å²) in [7, 11) is -2.52. The molecule has 1 N–H and O–H groups in total. The first kappa shape index (κ1) is 24.7. The van der Waals surface area contributed by atoms with E-state index in [0.717, 1.165) is 11.1 Å². The minimum Gasteiger partial charge on any atom is -0.497 e. The van der Waals surface area contributed by atoms with Crippen LogP contribution >= 0.6 is 0 Å². The van der Waals surface area contributed by atoms with Crippen molar-refractivity contribution in [3.63, 3.8) is 0 Å². The van der Waals surface area contributed by atoms with Gasteiger partial charge in [0.15, 0.2) is 0 Å². The van der Waals surface area contributed by atoms with Crippen LogP contribution in [-0.2, 0) is 16.6 Å². The SMILES string of the molecule is COc1ccc(S(=O)(=O)N(Cc2ccccc2)c2ccccc2C(=O)N/N=C/c2ccccc2)cc1. The number of anilines is 1. The summed E-state index contributed by atoms with van der Waals surface area (Å²) in [5, 5.41) is 4.04. The molecule has 0 spiro atoms. The Labute approximate surface area is 210 Å². The van der Waals surface area contributed by atoms with E-state index in [1.807, 2.05) is 60.7 Å². The van der Waals surface area contributed by atoms with Crippen LogP contribution in [0.3, 0.4) is 0 Å². The van der Waals surface area contributed by atoms with Crippen LogP contribution in [-0.4, -0.2) is 27.6 Å². The summed E-state index contributed by atoms with van der Waals surface area (Å²) in [6.45, 7) is 0.0345. The molecule has 4 aromatic rings. The second-order valence-corrected chi connectivity index (χ2v) is 9.66. The predicted octanol–water partition coefficient (Wildman–Crippen LogP) is 4.85. The number of hydrogen-bond acceptors (Lipinski definition) is 5. The van der Waals surface area contributed by atoms with Crippen LogP contribution < -0.4 is 14.5 Å². The number of amides is 1. The molecule has 0 aliphatic heterocycles. The van der Waals surface area contributed by atoms with Gasteiger partial charge in [0.25, 0.3) is 15.9 Å². The minimum absolute atomic E-state index is 0.0345. The lowest BCUT2D eigenvalue weighted by molar-refractivity contribution is 0.0955. The first-order chi connectivity index (χ1) is 17.5. The van der Waals surface area contributed by atoms with E-state index >= 15 is 0 Å². The van der Waals surface area contributed by atoms with Gasteiger partial charge in [0.05, 0.1) is 36.0 Å². The first-order valence-electron chi connectivity index (χ1n) is 11.2. The minimum atomic E-state index is -4.04. The van der Waals surface area contributed by atoms with Crippen LogP contribution in [0.15, 0.2) is 119 Å². The number of nitrogens with zero attached hydrogens (tertiary/aromatic N) is 2. The normalized spacial score (nSPS) is 11.2. The van der Waals surface area contributed by atoms with Gasteiger partial charge in [0.2, 0.25) is 0 Å². The summed E-state index contributed by atoms with van der Waals surface area (Å²) >= 11 is 0. The first-order valence-corrected chi connectivity index (χ1v) is 12.6. The Hall–Kier alpha value is -4.43. The van der Waals surface area contributed by atoms with E-state index in [1.54, 1.807) is 36.4 Å². The third kappa shape index (κ3) is 5.79. The van der Waals surface area contributed by atoms with Crippen molar-refractivity contribution in [3.8, 4) is 5.75 Å². The molecule has 0 bridgehead atoms. The van der Waals surface area contributed by atoms with Gasteiger partial charge in [-0.3, -0.25) is 9.10 Å². The van der Waals surface area contributed by atoms with E-state index in [0.29, 0.717) is 5.75 Å². The summed E-state index contributed by atoms with van der Waals surface area (Å²) in [5.41, 5.74) is 4.51. The molecule has 1 amide bonds. The molecule has 8 heteroatoms. The molecule has 0 aliphatic carbocycles. The zero-order valence-corrected chi connectivity index (χ0v) is 20.4. The van der Waals surface area contributed by atoms with Gasteiger partial charge in [-0.2, -0.15) is 5.10 Å². The molecule has 0 aliphatic rings. The number of carbonyl (C=O) groups is 1. The number of rotatable bonds is 9. The lowest BCUT2D eigenvalue weighted by Crippen LogP contribution is -2.33. The molecule has 0 unspecified atom stereocenters. The Morgan fingerprint density at radius 3 is 2.14 bits per heavy atom. The molecule has 0 fully saturated rings. The van der Waals surface area contributed by atoms with Gasteiger partial charge in [0.1, 0.15) is 5.75 Å².